The quantitative estimate of drug-likeness (QED) is 0.209. The maximum absolute atomic E-state index is 14.1. The van der Waals surface area contributed by atoms with Crippen molar-refractivity contribution in [3.8, 4) is 17.1 Å². The van der Waals surface area contributed by atoms with Gasteiger partial charge in [-0.1, -0.05) is 48.0 Å². The number of imidazole rings is 1. The van der Waals surface area contributed by atoms with Crippen LogP contribution in [-0.4, -0.2) is 38.8 Å². The molecule has 5 aromatic rings. The number of fused-ring (bicyclic) bond motifs is 1. The molecule has 1 aliphatic rings. The largest absolute Gasteiger partial charge is 0.478 e. The lowest BCUT2D eigenvalue weighted by atomic mass is 10.1. The first-order chi connectivity index (χ1) is 19.9. The van der Waals surface area contributed by atoms with Crippen LogP contribution in [0.15, 0.2) is 78.9 Å². The lowest BCUT2D eigenvalue weighted by Crippen LogP contribution is -2.14. The molecule has 2 aromatic heterocycles. The Hall–Kier alpha value is -4.27. The van der Waals surface area contributed by atoms with Crippen molar-refractivity contribution in [2.45, 2.75) is 26.0 Å². The molecule has 0 spiro atoms. The molecule has 1 fully saturated rings. The summed E-state index contributed by atoms with van der Waals surface area (Å²) in [6, 6.07) is 23.1. The van der Waals surface area contributed by atoms with Gasteiger partial charge >= 0.3 is 5.97 Å². The minimum Gasteiger partial charge on any atom is -0.478 e. The minimum absolute atomic E-state index is 0.0420. The number of carboxylic acids is 1. The summed E-state index contributed by atoms with van der Waals surface area (Å²) in [5, 5.41) is 9.85. The van der Waals surface area contributed by atoms with Crippen molar-refractivity contribution < 1.29 is 23.8 Å². The summed E-state index contributed by atoms with van der Waals surface area (Å²) in [6.07, 6.45) is 1.56. The van der Waals surface area contributed by atoms with Gasteiger partial charge in [-0.15, -0.1) is 0 Å². The van der Waals surface area contributed by atoms with E-state index >= 15 is 0 Å². The number of pyridine rings is 1. The van der Waals surface area contributed by atoms with Crippen LogP contribution in [0.1, 0.15) is 33.7 Å². The van der Waals surface area contributed by atoms with Crippen LogP contribution in [0.5, 0.6) is 5.88 Å². The molecule has 1 saturated heterocycles. The Kier molecular flexibility index (Phi) is 7.67. The van der Waals surface area contributed by atoms with E-state index in [0.29, 0.717) is 35.4 Å². The predicted molar refractivity (Wildman–Crippen MR) is 154 cm³/mol. The van der Waals surface area contributed by atoms with Crippen molar-refractivity contribution in [3.63, 3.8) is 0 Å². The third kappa shape index (κ3) is 6.09. The summed E-state index contributed by atoms with van der Waals surface area (Å²) in [7, 11) is 0. The Labute approximate surface area is 241 Å². The first-order valence-corrected chi connectivity index (χ1v) is 13.7. The van der Waals surface area contributed by atoms with Crippen LogP contribution in [0.25, 0.3) is 22.3 Å². The number of nitrogens with zero attached hydrogens (tertiary/aromatic N) is 3. The summed E-state index contributed by atoms with van der Waals surface area (Å²) in [5.41, 5.74) is 4.96. The van der Waals surface area contributed by atoms with Crippen LogP contribution in [0.4, 0.5) is 4.39 Å². The fraction of sp³-hybridized carbons (Fsp3) is 0.219. The molecule has 41 heavy (non-hydrogen) atoms. The van der Waals surface area contributed by atoms with E-state index in [4.69, 9.17) is 26.1 Å². The number of ether oxygens (including phenoxy) is 2. The Balaban J connectivity index is 1.21. The molecule has 0 bridgehead atoms. The molecule has 0 aliphatic carbocycles. The van der Waals surface area contributed by atoms with Gasteiger partial charge < -0.3 is 19.1 Å². The zero-order valence-corrected chi connectivity index (χ0v) is 22.9. The van der Waals surface area contributed by atoms with Gasteiger partial charge in [0, 0.05) is 47.7 Å². The fourth-order valence-corrected chi connectivity index (χ4v) is 5.21. The van der Waals surface area contributed by atoms with Gasteiger partial charge in [-0.25, -0.2) is 19.2 Å². The van der Waals surface area contributed by atoms with Gasteiger partial charge in [0.1, 0.15) is 18.2 Å². The number of benzene rings is 3. The minimum atomic E-state index is -0.957. The van der Waals surface area contributed by atoms with E-state index < -0.39 is 11.8 Å². The lowest BCUT2D eigenvalue weighted by Gasteiger charge is -2.14. The van der Waals surface area contributed by atoms with Crippen LogP contribution in [0.3, 0.4) is 0 Å². The molecule has 3 heterocycles. The second kappa shape index (κ2) is 11.7. The molecule has 1 N–H and O–H groups in total. The number of rotatable bonds is 9. The smallest absolute Gasteiger partial charge is 0.335 e. The number of aromatic nitrogens is 3. The highest BCUT2D eigenvalue weighted by Gasteiger charge is 2.21. The van der Waals surface area contributed by atoms with Crippen molar-refractivity contribution in [2.24, 2.45) is 5.92 Å². The van der Waals surface area contributed by atoms with Crippen molar-refractivity contribution in [3.05, 3.63) is 112 Å². The molecule has 1 atom stereocenters. The number of aromatic carboxylic acids is 1. The highest BCUT2D eigenvalue weighted by Crippen LogP contribution is 2.26. The third-order valence-electron chi connectivity index (χ3n) is 7.27. The van der Waals surface area contributed by atoms with Crippen LogP contribution in [0.2, 0.25) is 5.02 Å². The molecule has 6 rings (SSSR count). The fourth-order valence-electron chi connectivity index (χ4n) is 5.05. The van der Waals surface area contributed by atoms with E-state index in [-0.39, 0.29) is 12.2 Å². The Morgan fingerprint density at radius 2 is 1.93 bits per heavy atom. The molecule has 0 saturated carbocycles. The number of halogens is 2. The van der Waals surface area contributed by atoms with Gasteiger partial charge in [0.15, 0.2) is 0 Å². The van der Waals surface area contributed by atoms with E-state index in [2.05, 4.69) is 9.55 Å². The first-order valence-electron chi connectivity index (χ1n) is 13.4. The number of hydrogen-bond donors (Lipinski definition) is 1. The van der Waals surface area contributed by atoms with Gasteiger partial charge in [-0.3, -0.25) is 0 Å². The Bertz CT molecular complexity index is 1710. The molecule has 208 valence electrons. The van der Waals surface area contributed by atoms with Crippen LogP contribution >= 0.6 is 11.6 Å². The Morgan fingerprint density at radius 1 is 1.07 bits per heavy atom. The highest BCUT2D eigenvalue weighted by atomic mass is 35.5. The molecular weight excluding hydrogens is 545 g/mol. The van der Waals surface area contributed by atoms with E-state index in [0.717, 1.165) is 53.3 Å². The normalized spacial score (nSPS) is 14.9. The monoisotopic (exact) mass is 571 g/mol. The zero-order valence-electron chi connectivity index (χ0n) is 22.1. The average molecular weight is 572 g/mol. The predicted octanol–water partition coefficient (Wildman–Crippen LogP) is 6.80. The molecule has 3 aromatic carbocycles. The zero-order chi connectivity index (χ0) is 28.3. The van der Waals surface area contributed by atoms with Crippen LogP contribution < -0.4 is 4.74 Å². The van der Waals surface area contributed by atoms with Crippen molar-refractivity contribution in [1.82, 2.24) is 14.5 Å². The number of carboxylic acid groups (broad SMARTS) is 1. The van der Waals surface area contributed by atoms with Gasteiger partial charge in [-0.2, -0.15) is 0 Å². The van der Waals surface area contributed by atoms with E-state index in [1.54, 1.807) is 36.4 Å². The summed E-state index contributed by atoms with van der Waals surface area (Å²) >= 11 is 5.83. The SMILES string of the molecule is O=C(O)c1ccc2nc(Cc3ccc(-c4cccc(OCc5ccc(Cl)cc5F)n4)cc3)n(C[C@@H]3CCOC3)c2c1. The summed E-state index contributed by atoms with van der Waals surface area (Å²) < 4.78 is 27.6. The average Bonchev–Trinajstić information content (AvgIpc) is 3.61. The molecule has 7 nitrogen and oxygen atoms in total. The summed E-state index contributed by atoms with van der Waals surface area (Å²) in [5.74, 6) is 0.257. The molecule has 0 amide bonds. The van der Waals surface area contributed by atoms with Gasteiger partial charge in [0.2, 0.25) is 5.88 Å². The van der Waals surface area contributed by atoms with Crippen molar-refractivity contribution >= 4 is 28.6 Å². The van der Waals surface area contributed by atoms with Crippen LogP contribution in [-0.2, 0) is 24.3 Å². The van der Waals surface area contributed by atoms with Gasteiger partial charge in [0.05, 0.1) is 28.9 Å². The molecule has 0 radical (unpaired) electrons. The van der Waals surface area contributed by atoms with E-state index in [9.17, 15) is 14.3 Å². The standard InChI is InChI=1S/C32H27ClFN3O4/c33-25-10-8-24(26(34)16-25)19-41-31-3-1-2-27(36-31)22-6-4-20(5-7-22)14-30-35-28-11-9-23(32(38)39)15-29(28)37(30)17-21-12-13-40-18-21/h1-11,15-16,21H,12-14,17-19H2,(H,38,39)/t21-/m0/s1. The second-order valence-corrected chi connectivity index (χ2v) is 10.6. The van der Waals surface area contributed by atoms with E-state index in [1.165, 1.54) is 6.07 Å². The molecular formula is C32H27ClFN3O4. The highest BCUT2D eigenvalue weighted by molar-refractivity contribution is 6.30. The van der Waals surface area contributed by atoms with Gasteiger partial charge in [-0.05, 0) is 48.4 Å². The number of hydrogen-bond acceptors (Lipinski definition) is 5. The third-order valence-corrected chi connectivity index (χ3v) is 7.50. The van der Waals surface area contributed by atoms with E-state index in [1.807, 2.05) is 36.4 Å². The molecule has 9 heteroatoms. The second-order valence-electron chi connectivity index (χ2n) is 10.1. The molecule has 0 unspecified atom stereocenters. The summed E-state index contributed by atoms with van der Waals surface area (Å²) in [4.78, 5) is 21.1. The lowest BCUT2D eigenvalue weighted by molar-refractivity contribution is 0.0697. The van der Waals surface area contributed by atoms with Crippen molar-refractivity contribution in [2.75, 3.05) is 13.2 Å². The first kappa shape index (κ1) is 26.9. The Morgan fingerprint density at radius 3 is 2.68 bits per heavy atom. The van der Waals surface area contributed by atoms with Crippen LogP contribution in [0, 0.1) is 11.7 Å². The topological polar surface area (TPSA) is 86.5 Å². The van der Waals surface area contributed by atoms with Crippen molar-refractivity contribution in [1.29, 1.82) is 0 Å². The molecule has 1 aliphatic heterocycles. The number of carbonyl (C=O) groups is 1. The summed E-state index contributed by atoms with van der Waals surface area (Å²) in [6.45, 7) is 2.20. The van der Waals surface area contributed by atoms with Gasteiger partial charge in [0.25, 0.3) is 0 Å². The maximum Gasteiger partial charge on any atom is 0.335 e. The maximum atomic E-state index is 14.1.